The van der Waals surface area contributed by atoms with Crippen molar-refractivity contribution in [2.45, 2.75) is 39.4 Å². The lowest BCUT2D eigenvalue weighted by Gasteiger charge is -2.34. The van der Waals surface area contributed by atoms with Gasteiger partial charge in [0.2, 0.25) is 5.91 Å². The largest absolute Gasteiger partial charge is 0.339 e. The maximum absolute atomic E-state index is 13.2. The molecule has 7 heteroatoms. The van der Waals surface area contributed by atoms with E-state index >= 15 is 0 Å². The van der Waals surface area contributed by atoms with Crippen molar-refractivity contribution in [1.29, 1.82) is 0 Å². The summed E-state index contributed by atoms with van der Waals surface area (Å²) in [6, 6.07) is 6.95. The van der Waals surface area contributed by atoms with Gasteiger partial charge in [0.05, 0.1) is 0 Å². The van der Waals surface area contributed by atoms with Crippen LogP contribution >= 0.6 is 0 Å². The maximum Gasteiger partial charge on any atom is 0.244 e. The van der Waals surface area contributed by atoms with Crippen LogP contribution in [0.5, 0.6) is 0 Å². The summed E-state index contributed by atoms with van der Waals surface area (Å²) >= 11 is 0. The molecule has 1 aromatic carbocycles. The monoisotopic (exact) mass is 359 g/mol. The van der Waals surface area contributed by atoms with Crippen LogP contribution in [0.2, 0.25) is 0 Å². The first-order valence-corrected chi connectivity index (χ1v) is 9.11. The van der Waals surface area contributed by atoms with Crippen LogP contribution in [0, 0.1) is 11.7 Å². The lowest BCUT2D eigenvalue weighted by molar-refractivity contribution is -0.132. The molecule has 140 valence electrons. The molecular weight excluding hydrogens is 333 g/mol. The molecule has 1 saturated heterocycles. The summed E-state index contributed by atoms with van der Waals surface area (Å²) in [5.74, 6) is 0.273. The van der Waals surface area contributed by atoms with E-state index in [0.717, 1.165) is 31.6 Å². The Bertz CT molecular complexity index is 701. The van der Waals surface area contributed by atoms with Crippen molar-refractivity contribution >= 4 is 5.91 Å². The quantitative estimate of drug-likeness (QED) is 0.821. The summed E-state index contributed by atoms with van der Waals surface area (Å²) in [5, 5.41) is 4.02. The summed E-state index contributed by atoms with van der Waals surface area (Å²) in [6.07, 6.45) is 3.93. The Balaban J connectivity index is 1.68. The number of amides is 1. The molecule has 1 amide bonds. The smallest absolute Gasteiger partial charge is 0.244 e. The molecule has 0 bridgehead atoms. The van der Waals surface area contributed by atoms with E-state index in [1.54, 1.807) is 11.0 Å². The first-order valence-electron chi connectivity index (χ1n) is 9.11. The van der Waals surface area contributed by atoms with E-state index in [2.05, 4.69) is 28.8 Å². The van der Waals surface area contributed by atoms with Gasteiger partial charge in [-0.3, -0.25) is 9.69 Å². The highest BCUT2D eigenvalue weighted by Gasteiger charge is 2.29. The Hall–Kier alpha value is -2.28. The van der Waals surface area contributed by atoms with Crippen molar-refractivity contribution in [2.75, 3.05) is 19.6 Å². The molecule has 1 aliphatic rings. The average molecular weight is 359 g/mol. The summed E-state index contributed by atoms with van der Waals surface area (Å²) in [7, 11) is 0. The summed E-state index contributed by atoms with van der Waals surface area (Å²) < 4.78 is 14.7. The molecule has 0 unspecified atom stereocenters. The van der Waals surface area contributed by atoms with Crippen molar-refractivity contribution < 1.29 is 9.18 Å². The zero-order chi connectivity index (χ0) is 18.5. The molecule has 0 radical (unpaired) electrons. The molecular formula is C19H26FN5O. The second kappa shape index (κ2) is 8.40. The van der Waals surface area contributed by atoms with Crippen LogP contribution in [0.15, 0.2) is 36.9 Å². The van der Waals surface area contributed by atoms with E-state index in [9.17, 15) is 9.18 Å². The first kappa shape index (κ1) is 18.5. The predicted octanol–water partition coefficient (Wildman–Crippen LogP) is 2.18. The zero-order valence-electron chi connectivity index (χ0n) is 15.4. The summed E-state index contributed by atoms with van der Waals surface area (Å²) in [6.45, 7) is 7.74. The molecule has 0 spiro atoms. The predicted molar refractivity (Wildman–Crippen MR) is 96.7 cm³/mol. The maximum atomic E-state index is 13.2. The highest BCUT2D eigenvalue weighted by Crippen LogP contribution is 2.20. The molecule has 0 saturated carbocycles. The number of carbonyl (C=O) groups excluding carboxylic acids is 1. The van der Waals surface area contributed by atoms with Gasteiger partial charge in [-0.05, 0) is 30.0 Å². The third-order valence-electron chi connectivity index (χ3n) is 4.93. The fourth-order valence-electron chi connectivity index (χ4n) is 3.50. The summed E-state index contributed by atoms with van der Waals surface area (Å²) in [4.78, 5) is 20.9. The fourth-order valence-corrected chi connectivity index (χ4v) is 3.50. The zero-order valence-corrected chi connectivity index (χ0v) is 15.4. The molecule has 2 heterocycles. The lowest BCUT2D eigenvalue weighted by Crippen LogP contribution is -2.46. The van der Waals surface area contributed by atoms with E-state index < -0.39 is 0 Å². The van der Waals surface area contributed by atoms with Gasteiger partial charge in [-0.1, -0.05) is 26.0 Å². The number of aromatic nitrogens is 3. The molecule has 0 N–H and O–H groups in total. The topological polar surface area (TPSA) is 54.3 Å². The van der Waals surface area contributed by atoms with Gasteiger partial charge in [-0.15, -0.1) is 0 Å². The molecule has 3 rings (SSSR count). The number of benzene rings is 1. The Morgan fingerprint density at radius 1 is 1.27 bits per heavy atom. The minimum absolute atomic E-state index is 0.0739. The van der Waals surface area contributed by atoms with E-state index in [4.69, 9.17) is 0 Å². The molecule has 1 fully saturated rings. The number of rotatable bonds is 5. The van der Waals surface area contributed by atoms with Crippen molar-refractivity contribution in [3.8, 4) is 0 Å². The molecule has 1 aliphatic heterocycles. The second-order valence-corrected chi connectivity index (χ2v) is 7.19. The van der Waals surface area contributed by atoms with E-state index in [0.29, 0.717) is 12.5 Å². The van der Waals surface area contributed by atoms with Crippen molar-refractivity contribution in [2.24, 2.45) is 5.92 Å². The van der Waals surface area contributed by atoms with Crippen molar-refractivity contribution in [1.82, 2.24) is 24.6 Å². The van der Waals surface area contributed by atoms with Crippen LogP contribution in [0.3, 0.4) is 0 Å². The van der Waals surface area contributed by atoms with Crippen molar-refractivity contribution in [3.63, 3.8) is 0 Å². The highest BCUT2D eigenvalue weighted by atomic mass is 19.1. The van der Waals surface area contributed by atoms with Gasteiger partial charge >= 0.3 is 0 Å². The van der Waals surface area contributed by atoms with Gasteiger partial charge in [-0.2, -0.15) is 5.10 Å². The number of carbonyl (C=O) groups is 1. The number of hydrogen-bond donors (Lipinski definition) is 0. The Labute approximate surface area is 153 Å². The van der Waals surface area contributed by atoms with Gasteiger partial charge in [0.25, 0.3) is 0 Å². The number of nitrogens with zero attached hydrogens (tertiary/aromatic N) is 5. The van der Waals surface area contributed by atoms with E-state index in [1.807, 2.05) is 17.0 Å². The third-order valence-corrected chi connectivity index (χ3v) is 4.93. The second-order valence-electron chi connectivity index (χ2n) is 7.19. The first-order chi connectivity index (χ1) is 12.5. The van der Waals surface area contributed by atoms with Crippen LogP contribution in [0.25, 0.3) is 0 Å². The van der Waals surface area contributed by atoms with Gasteiger partial charge < -0.3 is 4.90 Å². The molecule has 1 aromatic heterocycles. The van der Waals surface area contributed by atoms with Crippen LogP contribution in [0.1, 0.15) is 25.8 Å². The van der Waals surface area contributed by atoms with Crippen LogP contribution < -0.4 is 0 Å². The Morgan fingerprint density at radius 3 is 2.69 bits per heavy atom. The molecule has 26 heavy (non-hydrogen) atoms. The third kappa shape index (κ3) is 4.66. The van der Waals surface area contributed by atoms with Gasteiger partial charge in [0.15, 0.2) is 0 Å². The Morgan fingerprint density at radius 2 is 2.04 bits per heavy atom. The van der Waals surface area contributed by atoms with Gasteiger partial charge in [-0.25, -0.2) is 14.1 Å². The van der Waals surface area contributed by atoms with Crippen molar-refractivity contribution in [3.05, 3.63) is 48.3 Å². The minimum Gasteiger partial charge on any atom is -0.339 e. The molecule has 6 nitrogen and oxygen atoms in total. The van der Waals surface area contributed by atoms with Gasteiger partial charge in [0, 0.05) is 32.2 Å². The average Bonchev–Trinajstić information content (AvgIpc) is 3.02. The lowest BCUT2D eigenvalue weighted by atomic mass is 10.0. The van der Waals surface area contributed by atoms with E-state index in [1.165, 1.54) is 18.5 Å². The number of hydrogen-bond acceptors (Lipinski definition) is 4. The summed E-state index contributed by atoms with van der Waals surface area (Å²) in [5.41, 5.74) is 1.10. The molecule has 0 aliphatic carbocycles. The minimum atomic E-state index is -0.213. The van der Waals surface area contributed by atoms with Gasteiger partial charge in [0.1, 0.15) is 25.0 Å². The standard InChI is InChI=1S/C19H26FN5O/c1-15(2)18-11-24(19(26)12-25-14-21-13-22-25)9-3-8-23(18)10-16-4-6-17(20)7-5-16/h4-7,13-15,18H,3,8-12H2,1-2H3/t18-/m1/s1. The molecule has 1 atom stereocenters. The van der Waals surface area contributed by atoms with Crippen LogP contribution in [-0.2, 0) is 17.9 Å². The highest BCUT2D eigenvalue weighted by molar-refractivity contribution is 5.76. The van der Waals surface area contributed by atoms with E-state index in [-0.39, 0.29) is 24.3 Å². The normalized spacial score (nSPS) is 18.9. The molecule has 2 aromatic rings. The SMILES string of the molecule is CC(C)[C@H]1CN(C(=O)Cn2cncn2)CCCN1Cc1ccc(F)cc1. The fraction of sp³-hybridized carbons (Fsp3) is 0.526. The Kier molecular flexibility index (Phi) is 5.98. The van der Waals surface area contributed by atoms with Crippen LogP contribution in [-0.4, -0.2) is 56.1 Å². The number of halogens is 1. The van der Waals surface area contributed by atoms with Crippen LogP contribution in [0.4, 0.5) is 4.39 Å².